The Morgan fingerprint density at radius 3 is 2.22 bits per heavy atom. The van der Waals surface area contributed by atoms with E-state index in [0.717, 1.165) is 6.54 Å². The van der Waals surface area contributed by atoms with Crippen LogP contribution in [0, 0.1) is 0 Å². The minimum Gasteiger partial charge on any atom is -0.303 e. The van der Waals surface area contributed by atoms with Crippen molar-refractivity contribution in [2.24, 2.45) is 7.05 Å². The molecule has 6 nitrogen and oxygen atoms in total. The summed E-state index contributed by atoms with van der Waals surface area (Å²) < 4.78 is 13.1. The normalized spacial score (nSPS) is 10.7. The summed E-state index contributed by atoms with van der Waals surface area (Å²) in [6.07, 6.45) is 6.20. The van der Waals surface area contributed by atoms with E-state index < -0.39 is 7.82 Å². The van der Waals surface area contributed by atoms with Gasteiger partial charge in [-0.3, -0.25) is 0 Å². The maximum atomic E-state index is 8.88. The third-order valence-corrected chi connectivity index (χ3v) is 2.03. The molecule has 0 saturated carbocycles. The van der Waals surface area contributed by atoms with Crippen LogP contribution in [0.4, 0.5) is 0 Å². The van der Waals surface area contributed by atoms with Gasteiger partial charge in [0.15, 0.2) is 0 Å². The maximum absolute atomic E-state index is 8.88. The highest BCUT2D eigenvalue weighted by Gasteiger charge is 2.00. The lowest BCUT2D eigenvalue weighted by molar-refractivity contribution is -0.687. The lowest BCUT2D eigenvalue weighted by Crippen LogP contribution is -2.31. The zero-order valence-electron chi connectivity index (χ0n) is 9.92. The standard InChI is InChI=1S/C11H13N2.H3O4P/c1-12-7-8-13(10-12)9-11-5-3-2-4-6-11;1-5(2,3)4/h2-8,10H,9H2,1H3;(H3,1,2,3,4)/q+1;. The van der Waals surface area contributed by atoms with Gasteiger partial charge in [-0.2, -0.15) is 0 Å². The second-order valence-corrected chi connectivity index (χ2v) is 4.78. The van der Waals surface area contributed by atoms with E-state index in [2.05, 4.69) is 41.4 Å². The van der Waals surface area contributed by atoms with Gasteiger partial charge in [-0.15, -0.1) is 0 Å². The van der Waals surface area contributed by atoms with Crippen molar-refractivity contribution in [1.82, 2.24) is 4.57 Å². The number of aromatic nitrogens is 2. The first-order valence-electron chi connectivity index (χ1n) is 5.18. The van der Waals surface area contributed by atoms with Crippen molar-refractivity contribution in [3.8, 4) is 0 Å². The Morgan fingerprint density at radius 2 is 1.78 bits per heavy atom. The molecule has 0 bridgehead atoms. The summed E-state index contributed by atoms with van der Waals surface area (Å²) in [6, 6.07) is 10.5. The fourth-order valence-electron chi connectivity index (χ4n) is 1.39. The monoisotopic (exact) mass is 271 g/mol. The molecule has 7 heteroatoms. The number of rotatable bonds is 2. The predicted octanol–water partition coefficient (Wildman–Crippen LogP) is 0.432. The molecule has 1 aromatic heterocycles. The summed E-state index contributed by atoms with van der Waals surface area (Å²) in [4.78, 5) is 21.6. The van der Waals surface area contributed by atoms with Crippen LogP contribution >= 0.6 is 7.82 Å². The van der Waals surface area contributed by atoms with Crippen molar-refractivity contribution in [2.45, 2.75) is 6.54 Å². The highest BCUT2D eigenvalue weighted by molar-refractivity contribution is 7.45. The Morgan fingerprint density at radius 1 is 1.22 bits per heavy atom. The minimum atomic E-state index is -4.64. The van der Waals surface area contributed by atoms with E-state index >= 15 is 0 Å². The molecular formula is C11H16N2O4P+. The van der Waals surface area contributed by atoms with Gasteiger partial charge in [-0.1, -0.05) is 30.3 Å². The Kier molecular flexibility index (Phi) is 5.25. The largest absolute Gasteiger partial charge is 0.466 e. The Hall–Kier alpha value is -1.46. The Bertz CT molecular complexity index is 513. The second kappa shape index (κ2) is 6.47. The van der Waals surface area contributed by atoms with E-state index in [4.69, 9.17) is 19.2 Å². The van der Waals surface area contributed by atoms with Crippen molar-refractivity contribution in [3.05, 3.63) is 54.6 Å². The number of imidazole rings is 1. The second-order valence-electron chi connectivity index (χ2n) is 3.75. The molecular weight excluding hydrogens is 255 g/mol. The van der Waals surface area contributed by atoms with Crippen LogP contribution in [0.5, 0.6) is 0 Å². The number of nitrogens with zero attached hydrogens (tertiary/aromatic N) is 2. The highest BCUT2D eigenvalue weighted by atomic mass is 31.2. The molecule has 3 N–H and O–H groups in total. The summed E-state index contributed by atoms with van der Waals surface area (Å²) in [5.74, 6) is 0. The summed E-state index contributed by atoms with van der Waals surface area (Å²) in [5.41, 5.74) is 1.33. The zero-order chi connectivity index (χ0) is 13.6. The van der Waals surface area contributed by atoms with Gasteiger partial charge >= 0.3 is 7.82 Å². The maximum Gasteiger partial charge on any atom is 0.466 e. The number of phosphoric acid groups is 1. The molecule has 0 amide bonds. The summed E-state index contributed by atoms with van der Waals surface area (Å²) in [5, 5.41) is 0. The van der Waals surface area contributed by atoms with Crippen LogP contribution in [0.15, 0.2) is 49.1 Å². The van der Waals surface area contributed by atoms with Crippen molar-refractivity contribution in [3.63, 3.8) is 0 Å². The third kappa shape index (κ3) is 6.98. The molecule has 0 radical (unpaired) electrons. The summed E-state index contributed by atoms with van der Waals surface area (Å²) in [6.45, 7) is 0.946. The molecule has 0 atom stereocenters. The Balaban J connectivity index is 0.000000280. The molecule has 18 heavy (non-hydrogen) atoms. The summed E-state index contributed by atoms with van der Waals surface area (Å²) in [7, 11) is -2.61. The van der Waals surface area contributed by atoms with E-state index in [9.17, 15) is 0 Å². The molecule has 98 valence electrons. The third-order valence-electron chi connectivity index (χ3n) is 2.03. The molecule has 2 rings (SSSR count). The van der Waals surface area contributed by atoms with Gasteiger partial charge in [0.25, 0.3) is 0 Å². The van der Waals surface area contributed by atoms with Gasteiger partial charge in [0, 0.05) is 0 Å². The van der Waals surface area contributed by atoms with Crippen LogP contribution in [-0.2, 0) is 18.2 Å². The van der Waals surface area contributed by atoms with E-state index in [0.29, 0.717) is 0 Å². The van der Waals surface area contributed by atoms with Crippen LogP contribution in [-0.4, -0.2) is 19.2 Å². The molecule has 0 unspecified atom stereocenters. The van der Waals surface area contributed by atoms with Crippen LogP contribution < -0.4 is 4.57 Å². The molecule has 0 aliphatic carbocycles. The topological polar surface area (TPSA) is 86.6 Å². The fraction of sp³-hybridized carbons (Fsp3) is 0.182. The molecule has 2 aromatic rings. The van der Waals surface area contributed by atoms with Gasteiger partial charge in [0.2, 0.25) is 6.33 Å². The van der Waals surface area contributed by atoms with Crippen molar-refractivity contribution in [1.29, 1.82) is 0 Å². The van der Waals surface area contributed by atoms with E-state index in [1.165, 1.54) is 5.56 Å². The van der Waals surface area contributed by atoms with E-state index in [1.54, 1.807) is 0 Å². The highest BCUT2D eigenvalue weighted by Crippen LogP contribution is 2.25. The van der Waals surface area contributed by atoms with E-state index in [-0.39, 0.29) is 0 Å². The molecule has 0 fully saturated rings. The number of aryl methyl sites for hydroxylation is 1. The molecule has 0 spiro atoms. The first-order valence-corrected chi connectivity index (χ1v) is 6.74. The van der Waals surface area contributed by atoms with Gasteiger partial charge in [-0.05, 0) is 5.56 Å². The molecule has 0 saturated heterocycles. The van der Waals surface area contributed by atoms with E-state index in [1.807, 2.05) is 23.9 Å². The number of hydrogen-bond donors (Lipinski definition) is 3. The lowest BCUT2D eigenvalue weighted by Gasteiger charge is -1.95. The van der Waals surface area contributed by atoms with Gasteiger partial charge < -0.3 is 14.7 Å². The average molecular weight is 271 g/mol. The van der Waals surface area contributed by atoms with Crippen LogP contribution in [0.1, 0.15) is 5.56 Å². The van der Waals surface area contributed by atoms with Gasteiger partial charge in [-0.25, -0.2) is 13.7 Å². The smallest absolute Gasteiger partial charge is 0.303 e. The van der Waals surface area contributed by atoms with Crippen LogP contribution in [0.2, 0.25) is 0 Å². The molecule has 0 aliphatic rings. The van der Waals surface area contributed by atoms with Gasteiger partial charge in [0.1, 0.15) is 18.9 Å². The average Bonchev–Trinajstić information content (AvgIpc) is 2.63. The fourth-order valence-corrected chi connectivity index (χ4v) is 1.39. The van der Waals surface area contributed by atoms with Crippen LogP contribution in [0.25, 0.3) is 0 Å². The number of hydrogen-bond acceptors (Lipinski definition) is 1. The van der Waals surface area contributed by atoms with Crippen molar-refractivity contribution >= 4 is 7.82 Å². The first-order chi connectivity index (χ1) is 8.34. The van der Waals surface area contributed by atoms with Crippen molar-refractivity contribution < 1.29 is 23.8 Å². The zero-order valence-corrected chi connectivity index (χ0v) is 10.8. The molecule has 0 aliphatic heterocycles. The predicted molar refractivity (Wildman–Crippen MR) is 65.4 cm³/mol. The Labute approximate surface area is 105 Å². The van der Waals surface area contributed by atoms with Crippen molar-refractivity contribution in [2.75, 3.05) is 0 Å². The lowest BCUT2D eigenvalue weighted by atomic mass is 10.2. The quantitative estimate of drug-likeness (QED) is 0.546. The SMILES string of the molecule is Cn1cc[n+](Cc2ccccc2)c1.O=P(O)(O)O. The number of benzene rings is 1. The summed E-state index contributed by atoms with van der Waals surface area (Å²) >= 11 is 0. The molecule has 1 aromatic carbocycles. The molecule has 1 heterocycles. The van der Waals surface area contributed by atoms with Crippen LogP contribution in [0.3, 0.4) is 0 Å². The van der Waals surface area contributed by atoms with Gasteiger partial charge in [0.05, 0.1) is 7.05 Å². The first kappa shape index (κ1) is 14.6. The minimum absolute atomic E-state index is 0.946.